The van der Waals surface area contributed by atoms with Gasteiger partial charge < -0.3 is 9.84 Å². The molecule has 0 bridgehead atoms. The summed E-state index contributed by atoms with van der Waals surface area (Å²) in [6, 6.07) is 22.1. The van der Waals surface area contributed by atoms with E-state index < -0.39 is 5.97 Å². The minimum Gasteiger partial charge on any atom is -0.497 e. The molecule has 1 N–H and O–H groups in total. The van der Waals surface area contributed by atoms with E-state index in [0.29, 0.717) is 5.56 Å². The van der Waals surface area contributed by atoms with Crippen LogP contribution in [0.5, 0.6) is 5.75 Å². The van der Waals surface area contributed by atoms with Gasteiger partial charge in [-0.05, 0) is 70.0 Å². The van der Waals surface area contributed by atoms with Crippen LogP contribution in [0.15, 0.2) is 60.7 Å². The first-order valence-electron chi connectivity index (χ1n) is 9.61. The molecule has 2 aliphatic carbocycles. The molecular formula is C25H19NO3. The van der Waals surface area contributed by atoms with Crippen LogP contribution in [0.4, 0.5) is 0 Å². The van der Waals surface area contributed by atoms with Crippen molar-refractivity contribution < 1.29 is 14.6 Å². The monoisotopic (exact) mass is 381 g/mol. The number of carboxylic acids is 1. The van der Waals surface area contributed by atoms with Gasteiger partial charge >= 0.3 is 5.97 Å². The van der Waals surface area contributed by atoms with Crippen molar-refractivity contribution in [1.29, 1.82) is 5.26 Å². The summed E-state index contributed by atoms with van der Waals surface area (Å²) in [7, 11) is 1.63. The first-order chi connectivity index (χ1) is 14.1. The molecule has 3 aromatic rings. The lowest BCUT2D eigenvalue weighted by atomic mass is 9.76. The number of hydrogen-bond acceptors (Lipinski definition) is 3. The minimum atomic E-state index is -0.775. The number of carbonyl (C=O) groups is 1. The summed E-state index contributed by atoms with van der Waals surface area (Å²) in [6.45, 7) is 0. The molecular weight excluding hydrogens is 362 g/mol. The number of benzene rings is 3. The van der Waals surface area contributed by atoms with E-state index >= 15 is 0 Å². The molecule has 0 saturated heterocycles. The fraction of sp³-hybridized carbons (Fsp3) is 0.200. The number of rotatable bonds is 4. The van der Waals surface area contributed by atoms with Crippen molar-refractivity contribution in [3.8, 4) is 34.1 Å². The molecule has 2 aliphatic rings. The fourth-order valence-corrected chi connectivity index (χ4v) is 4.91. The molecule has 2 unspecified atom stereocenters. The van der Waals surface area contributed by atoms with Crippen LogP contribution in [0.1, 0.15) is 35.4 Å². The Balaban J connectivity index is 1.68. The maximum Gasteiger partial charge on any atom is 0.304 e. The second-order valence-corrected chi connectivity index (χ2v) is 7.89. The average molecular weight is 381 g/mol. The fourth-order valence-electron chi connectivity index (χ4n) is 4.91. The van der Waals surface area contributed by atoms with E-state index in [9.17, 15) is 15.2 Å². The van der Waals surface area contributed by atoms with Gasteiger partial charge in [0.1, 0.15) is 5.75 Å². The quantitative estimate of drug-likeness (QED) is 0.681. The Hall–Kier alpha value is -3.58. The minimum absolute atomic E-state index is 0.116. The van der Waals surface area contributed by atoms with Crippen LogP contribution in [-0.4, -0.2) is 18.2 Å². The molecule has 29 heavy (non-hydrogen) atoms. The van der Waals surface area contributed by atoms with E-state index in [1.807, 2.05) is 36.4 Å². The highest BCUT2D eigenvalue weighted by molar-refractivity contribution is 5.85. The molecule has 142 valence electrons. The third-order valence-electron chi connectivity index (χ3n) is 6.35. The lowest BCUT2D eigenvalue weighted by Crippen LogP contribution is -2.20. The summed E-state index contributed by atoms with van der Waals surface area (Å²) in [5.41, 5.74) is 6.84. The van der Waals surface area contributed by atoms with Gasteiger partial charge in [0.05, 0.1) is 25.2 Å². The van der Waals surface area contributed by atoms with Gasteiger partial charge in [-0.2, -0.15) is 5.26 Å². The molecule has 4 heteroatoms. The lowest BCUT2D eigenvalue weighted by Gasteiger charge is -2.28. The zero-order valence-corrected chi connectivity index (χ0v) is 16.0. The van der Waals surface area contributed by atoms with E-state index in [1.54, 1.807) is 13.2 Å². The first-order valence-corrected chi connectivity index (χ1v) is 9.61. The number of hydrogen-bond donors (Lipinski definition) is 1. The van der Waals surface area contributed by atoms with Crippen molar-refractivity contribution in [3.05, 3.63) is 77.4 Å². The van der Waals surface area contributed by atoms with Crippen molar-refractivity contribution in [2.24, 2.45) is 0 Å². The predicted octanol–water partition coefficient (Wildman–Crippen LogP) is 5.11. The standard InChI is InChI=1S/C25H19NO3/c1-29-18-6-8-20-19-7-5-17(16-4-2-3-15(9-16)14-26)10-21(19)23-12-25(23,13-24(27)28)22(20)11-18/h2-11,23H,12-13H2,1H3,(H,27,28). The number of nitriles is 1. The number of methoxy groups -OCH3 is 1. The zero-order valence-electron chi connectivity index (χ0n) is 16.0. The Labute approximate surface area is 169 Å². The normalized spacial score (nSPS) is 20.6. The maximum absolute atomic E-state index is 11.7. The largest absolute Gasteiger partial charge is 0.497 e. The van der Waals surface area contributed by atoms with Gasteiger partial charge in [-0.25, -0.2) is 0 Å². The second-order valence-electron chi connectivity index (χ2n) is 7.89. The molecule has 0 amide bonds. The molecule has 1 fully saturated rings. The van der Waals surface area contributed by atoms with Gasteiger partial charge in [0.25, 0.3) is 0 Å². The number of carboxylic acid groups (broad SMARTS) is 1. The van der Waals surface area contributed by atoms with Crippen LogP contribution in [-0.2, 0) is 10.2 Å². The third-order valence-corrected chi connectivity index (χ3v) is 6.35. The van der Waals surface area contributed by atoms with Crippen molar-refractivity contribution in [2.45, 2.75) is 24.2 Å². The van der Waals surface area contributed by atoms with Crippen LogP contribution in [0, 0.1) is 11.3 Å². The Morgan fingerprint density at radius 1 is 1.14 bits per heavy atom. The van der Waals surface area contributed by atoms with Gasteiger partial charge in [-0.15, -0.1) is 0 Å². The maximum atomic E-state index is 11.7. The molecule has 0 spiro atoms. The number of aliphatic carboxylic acids is 1. The Morgan fingerprint density at radius 3 is 2.69 bits per heavy atom. The highest BCUT2D eigenvalue weighted by Crippen LogP contribution is 2.68. The smallest absolute Gasteiger partial charge is 0.304 e. The Bertz CT molecular complexity index is 1210. The third kappa shape index (κ3) is 2.62. The van der Waals surface area contributed by atoms with Gasteiger partial charge in [-0.1, -0.05) is 36.4 Å². The number of ether oxygens (including phenoxy) is 1. The van der Waals surface area contributed by atoms with Crippen LogP contribution in [0.3, 0.4) is 0 Å². The van der Waals surface area contributed by atoms with E-state index in [1.165, 1.54) is 5.56 Å². The summed E-state index contributed by atoms with van der Waals surface area (Å²) in [5.74, 6) is 0.169. The summed E-state index contributed by atoms with van der Waals surface area (Å²) < 4.78 is 5.41. The average Bonchev–Trinajstić information content (AvgIpc) is 3.48. The summed E-state index contributed by atoms with van der Waals surface area (Å²) in [5, 5.41) is 18.8. The van der Waals surface area contributed by atoms with Gasteiger partial charge in [0, 0.05) is 5.41 Å². The second kappa shape index (κ2) is 6.22. The van der Waals surface area contributed by atoms with Crippen molar-refractivity contribution in [3.63, 3.8) is 0 Å². The highest BCUT2D eigenvalue weighted by atomic mass is 16.5. The number of fused-ring (bicyclic) bond motifs is 6. The van der Waals surface area contributed by atoms with Gasteiger partial charge in [0.2, 0.25) is 0 Å². The molecule has 0 aromatic heterocycles. The van der Waals surface area contributed by atoms with Gasteiger partial charge in [0.15, 0.2) is 0 Å². The summed E-state index contributed by atoms with van der Waals surface area (Å²) >= 11 is 0. The highest BCUT2D eigenvalue weighted by Gasteiger charge is 2.60. The van der Waals surface area contributed by atoms with Crippen LogP contribution in [0.2, 0.25) is 0 Å². The van der Waals surface area contributed by atoms with Crippen molar-refractivity contribution in [2.75, 3.05) is 7.11 Å². The lowest BCUT2D eigenvalue weighted by molar-refractivity contribution is -0.137. The summed E-state index contributed by atoms with van der Waals surface area (Å²) in [4.78, 5) is 11.7. The molecule has 0 radical (unpaired) electrons. The molecule has 4 nitrogen and oxygen atoms in total. The molecule has 3 aromatic carbocycles. The molecule has 2 atom stereocenters. The van der Waals surface area contributed by atoms with E-state index in [0.717, 1.165) is 40.0 Å². The Kier molecular flexibility index (Phi) is 3.75. The topological polar surface area (TPSA) is 70.3 Å². The molecule has 0 aliphatic heterocycles. The molecule has 5 rings (SSSR count). The van der Waals surface area contributed by atoms with E-state index in [4.69, 9.17) is 4.74 Å². The van der Waals surface area contributed by atoms with Crippen molar-refractivity contribution in [1.82, 2.24) is 0 Å². The zero-order chi connectivity index (χ0) is 20.2. The summed E-state index contributed by atoms with van der Waals surface area (Å²) in [6.07, 6.45) is 0.944. The molecule has 1 saturated carbocycles. The van der Waals surface area contributed by atoms with E-state index in [2.05, 4.69) is 24.3 Å². The van der Waals surface area contributed by atoms with Crippen LogP contribution in [0.25, 0.3) is 22.3 Å². The van der Waals surface area contributed by atoms with Crippen molar-refractivity contribution >= 4 is 5.97 Å². The molecule has 0 heterocycles. The SMILES string of the molecule is COc1ccc2c(c1)C1(CC(=O)O)CC1c1cc(-c3cccc(C#N)c3)ccc1-2. The van der Waals surface area contributed by atoms with E-state index in [-0.39, 0.29) is 17.8 Å². The van der Waals surface area contributed by atoms with Gasteiger partial charge in [-0.3, -0.25) is 4.79 Å². The van der Waals surface area contributed by atoms with Crippen LogP contribution >= 0.6 is 0 Å². The number of nitrogens with zero attached hydrogens (tertiary/aromatic N) is 1. The van der Waals surface area contributed by atoms with Crippen LogP contribution < -0.4 is 4.74 Å². The first kappa shape index (κ1) is 17.5. The Morgan fingerprint density at radius 2 is 1.93 bits per heavy atom. The predicted molar refractivity (Wildman–Crippen MR) is 110 cm³/mol.